The van der Waals surface area contributed by atoms with Crippen LogP contribution >= 0.6 is 11.6 Å². The molecule has 300 valence electrons. The lowest BCUT2D eigenvalue weighted by atomic mass is 9.27. The molecule has 0 radical (unpaired) electrons. The minimum atomic E-state index is -0.685. The Kier molecular flexibility index (Phi) is 10.2. The van der Waals surface area contributed by atoms with Gasteiger partial charge in [0.2, 0.25) is 0 Å². The molecular formula is C47H70ClNO5. The quantitative estimate of drug-likeness (QED) is 0.204. The van der Waals surface area contributed by atoms with Gasteiger partial charge in [-0.2, -0.15) is 0 Å². The Hall–Kier alpha value is -2.34. The molecule has 0 aromatic heterocycles. The smallest absolute Gasteiger partial charge is 0.410 e. The lowest BCUT2D eigenvalue weighted by Gasteiger charge is -2.77. The van der Waals surface area contributed by atoms with Crippen LogP contribution in [-0.4, -0.2) is 41.0 Å². The number of ketones is 1. The summed E-state index contributed by atoms with van der Waals surface area (Å²) in [5.41, 5.74) is 2.43. The molecule has 8 atom stereocenters. The molecule has 6 nitrogen and oxygen atoms in total. The molecule has 0 unspecified atom stereocenters. The predicted molar refractivity (Wildman–Crippen MR) is 217 cm³/mol. The lowest BCUT2D eigenvalue weighted by Crippen LogP contribution is -2.71. The number of carbonyl (C=O) groups is 3. The van der Waals surface area contributed by atoms with Crippen LogP contribution in [0.25, 0.3) is 0 Å². The number of Topliss-reactive ketones (excluding diaryl/α,β-unsaturated/α-hetero) is 1. The zero-order chi connectivity index (χ0) is 40.1. The molecule has 4 saturated carbocycles. The van der Waals surface area contributed by atoms with E-state index in [1.165, 1.54) is 11.1 Å². The van der Waals surface area contributed by atoms with Gasteiger partial charge in [-0.05, 0) is 142 Å². The van der Waals surface area contributed by atoms with Gasteiger partial charge in [0.1, 0.15) is 11.7 Å². The number of benzene rings is 1. The van der Waals surface area contributed by atoms with E-state index < -0.39 is 17.1 Å². The molecule has 6 rings (SSSR count). The van der Waals surface area contributed by atoms with Crippen molar-refractivity contribution in [3.05, 3.63) is 46.0 Å². The molecule has 5 aliphatic rings. The summed E-state index contributed by atoms with van der Waals surface area (Å²) in [5.74, 6) is 0.860. The van der Waals surface area contributed by atoms with E-state index >= 15 is 4.79 Å². The van der Waals surface area contributed by atoms with Crippen LogP contribution in [0.3, 0.4) is 0 Å². The Morgan fingerprint density at radius 2 is 1.44 bits per heavy atom. The monoisotopic (exact) mass is 763 g/mol. The highest BCUT2D eigenvalue weighted by Crippen LogP contribution is 2.82. The summed E-state index contributed by atoms with van der Waals surface area (Å²) in [5, 5.41) is 0.636. The number of halogens is 1. The second-order valence-corrected chi connectivity index (χ2v) is 21.7. The highest BCUT2D eigenvalue weighted by molar-refractivity contribution is 6.30. The molecule has 0 saturated heterocycles. The van der Waals surface area contributed by atoms with Crippen molar-refractivity contribution < 1.29 is 23.9 Å². The normalized spacial score (nSPS) is 38.5. The Morgan fingerprint density at radius 1 is 0.833 bits per heavy atom. The van der Waals surface area contributed by atoms with Crippen LogP contribution in [0.5, 0.6) is 0 Å². The maximum Gasteiger partial charge on any atom is 0.410 e. The average molecular weight is 765 g/mol. The molecule has 5 aliphatic carbocycles. The second kappa shape index (κ2) is 13.4. The molecule has 4 fully saturated rings. The van der Waals surface area contributed by atoms with Crippen molar-refractivity contribution in [2.24, 2.45) is 49.7 Å². The lowest BCUT2D eigenvalue weighted by molar-refractivity contribution is -0.281. The summed E-state index contributed by atoms with van der Waals surface area (Å²) >= 11 is 6.22. The number of allylic oxidation sites excluding steroid dienone is 2. The number of carbonyl (C=O) groups excluding carboxylic acids is 3. The fraction of sp³-hybridized carbons (Fsp3) is 0.766. The minimum absolute atomic E-state index is 0.0120. The average Bonchev–Trinajstić information content (AvgIpc) is 3.48. The van der Waals surface area contributed by atoms with Gasteiger partial charge in [0.15, 0.2) is 5.78 Å². The standard InChI is InChI=1S/C47H70ClNO5/c1-30(2)34-18-23-47(36(51)29-49(39(52)54-40(4,5)6)28-32-14-16-33(48)17-15-32)27-26-46(13)43(10)24-25-45(12)41(7,8)37(53-31(3)50)20-22-42(45,9)35(43)19-21-44(46,11)38(34)47/h14-17,30,35,37H,18-29H2,1-13H3/t35-,37+,42-,43-,44-,45-,46+,47-/m1/s1. The van der Waals surface area contributed by atoms with E-state index in [0.29, 0.717) is 16.9 Å². The number of hydrogen-bond acceptors (Lipinski definition) is 5. The van der Waals surface area contributed by atoms with Crippen molar-refractivity contribution in [2.45, 2.75) is 172 Å². The summed E-state index contributed by atoms with van der Waals surface area (Å²) in [4.78, 5) is 43.0. The Labute approximate surface area is 331 Å². The molecule has 0 bridgehead atoms. The molecule has 0 N–H and O–H groups in total. The van der Waals surface area contributed by atoms with Gasteiger partial charge in [-0.1, -0.05) is 97.2 Å². The first-order valence-electron chi connectivity index (χ1n) is 21.0. The van der Waals surface area contributed by atoms with Gasteiger partial charge in [-0.3, -0.25) is 14.5 Å². The largest absolute Gasteiger partial charge is 0.462 e. The summed E-state index contributed by atoms with van der Waals surface area (Å²) < 4.78 is 12.0. The second-order valence-electron chi connectivity index (χ2n) is 21.3. The molecule has 0 heterocycles. The van der Waals surface area contributed by atoms with Gasteiger partial charge in [-0.25, -0.2) is 4.79 Å². The van der Waals surface area contributed by atoms with E-state index in [0.717, 1.165) is 69.8 Å². The van der Waals surface area contributed by atoms with Crippen LogP contribution in [0, 0.1) is 49.7 Å². The van der Waals surface area contributed by atoms with E-state index in [1.807, 2.05) is 45.0 Å². The number of rotatable bonds is 7. The summed E-state index contributed by atoms with van der Waals surface area (Å²) in [6.07, 6.45) is 9.44. The highest BCUT2D eigenvalue weighted by Gasteiger charge is 2.75. The minimum Gasteiger partial charge on any atom is -0.462 e. The molecule has 7 heteroatoms. The molecule has 54 heavy (non-hydrogen) atoms. The fourth-order valence-corrected chi connectivity index (χ4v) is 14.0. The van der Waals surface area contributed by atoms with Gasteiger partial charge < -0.3 is 9.47 Å². The van der Waals surface area contributed by atoms with E-state index in [1.54, 1.807) is 11.8 Å². The van der Waals surface area contributed by atoms with E-state index in [4.69, 9.17) is 21.1 Å². The van der Waals surface area contributed by atoms with Crippen LogP contribution in [-0.2, 0) is 25.6 Å². The van der Waals surface area contributed by atoms with Gasteiger partial charge in [0.25, 0.3) is 0 Å². The van der Waals surface area contributed by atoms with Crippen LogP contribution in [0.1, 0.15) is 160 Å². The van der Waals surface area contributed by atoms with Crippen LogP contribution in [0.4, 0.5) is 4.79 Å². The third kappa shape index (κ3) is 5.94. The molecule has 1 amide bonds. The Balaban J connectivity index is 1.38. The highest BCUT2D eigenvalue weighted by atomic mass is 35.5. The van der Waals surface area contributed by atoms with Crippen molar-refractivity contribution in [3.63, 3.8) is 0 Å². The van der Waals surface area contributed by atoms with Crippen LogP contribution in [0.15, 0.2) is 35.4 Å². The van der Waals surface area contributed by atoms with Gasteiger partial charge in [0.05, 0.1) is 12.0 Å². The number of fused-ring (bicyclic) bond motifs is 7. The molecule has 1 aromatic rings. The maximum absolute atomic E-state index is 15.3. The summed E-state index contributed by atoms with van der Waals surface area (Å²) in [6, 6.07) is 7.51. The van der Waals surface area contributed by atoms with E-state index in [2.05, 4.69) is 62.3 Å². The first kappa shape index (κ1) is 41.3. The van der Waals surface area contributed by atoms with Crippen LogP contribution in [0.2, 0.25) is 5.02 Å². The molecule has 0 spiro atoms. The van der Waals surface area contributed by atoms with Gasteiger partial charge in [0, 0.05) is 23.9 Å². The zero-order valence-corrected chi connectivity index (χ0v) is 36.6. The zero-order valence-electron chi connectivity index (χ0n) is 35.9. The van der Waals surface area contributed by atoms with E-state index in [9.17, 15) is 9.59 Å². The number of ether oxygens (including phenoxy) is 2. The SMILES string of the molecule is CC(=O)O[C@H]1CC[C@]2(C)[C@H]3CC[C@]4(C)C5=C(C(C)C)CC[C@]5(C(=O)CN(Cc5ccc(Cl)cc5)C(=O)OC(C)(C)C)CC[C@@]4(C)[C@]3(C)CC[C@]2(C)C1(C)C. The number of amides is 1. The first-order valence-corrected chi connectivity index (χ1v) is 21.4. The predicted octanol–water partition coefficient (Wildman–Crippen LogP) is 12.2. The topological polar surface area (TPSA) is 72.9 Å². The fourth-order valence-electron chi connectivity index (χ4n) is 13.9. The third-order valence-corrected chi connectivity index (χ3v) is 17.8. The Bertz CT molecular complexity index is 1710. The maximum atomic E-state index is 15.3. The van der Waals surface area contributed by atoms with Crippen LogP contribution < -0.4 is 0 Å². The first-order chi connectivity index (χ1) is 24.8. The molecular weight excluding hydrogens is 694 g/mol. The van der Waals surface area contributed by atoms with Crippen molar-refractivity contribution in [1.82, 2.24) is 4.90 Å². The number of esters is 1. The van der Waals surface area contributed by atoms with Crippen molar-refractivity contribution >= 4 is 29.4 Å². The molecule has 1 aromatic carbocycles. The summed E-state index contributed by atoms with van der Waals surface area (Å²) in [6.45, 7) is 29.7. The van der Waals surface area contributed by atoms with E-state index in [-0.39, 0.29) is 63.4 Å². The number of nitrogens with zero attached hydrogens (tertiary/aromatic N) is 1. The van der Waals surface area contributed by atoms with Gasteiger partial charge in [-0.15, -0.1) is 0 Å². The molecule has 0 aliphatic heterocycles. The van der Waals surface area contributed by atoms with Crippen molar-refractivity contribution in [1.29, 1.82) is 0 Å². The van der Waals surface area contributed by atoms with Crippen molar-refractivity contribution in [2.75, 3.05) is 6.54 Å². The number of hydrogen-bond donors (Lipinski definition) is 0. The third-order valence-electron chi connectivity index (χ3n) is 17.5. The summed E-state index contributed by atoms with van der Waals surface area (Å²) in [7, 11) is 0. The van der Waals surface area contributed by atoms with Crippen molar-refractivity contribution in [3.8, 4) is 0 Å². The van der Waals surface area contributed by atoms with Gasteiger partial charge >= 0.3 is 12.1 Å². The Morgan fingerprint density at radius 3 is 2.04 bits per heavy atom.